The lowest BCUT2D eigenvalue weighted by Crippen LogP contribution is -2.12. The van der Waals surface area contributed by atoms with Crippen LogP contribution in [0.5, 0.6) is 5.75 Å². The number of benzene rings is 1. The predicted molar refractivity (Wildman–Crippen MR) is 93.6 cm³/mol. The van der Waals surface area contributed by atoms with Crippen molar-refractivity contribution in [3.63, 3.8) is 0 Å². The number of nitro benzene ring substituents is 1. The molecule has 1 N–H and O–H groups in total. The number of hydrogen-bond acceptors (Lipinski definition) is 5. The summed E-state index contributed by atoms with van der Waals surface area (Å²) < 4.78 is 7.28. The van der Waals surface area contributed by atoms with Crippen LogP contribution in [0.15, 0.2) is 18.2 Å². The minimum atomic E-state index is -0.429. The van der Waals surface area contributed by atoms with Gasteiger partial charge in [-0.25, -0.2) is 0 Å². The molecule has 1 aromatic carbocycles. The second-order valence-electron chi connectivity index (χ2n) is 5.69. The van der Waals surface area contributed by atoms with Crippen molar-refractivity contribution in [1.82, 2.24) is 9.78 Å². The molecule has 0 fully saturated rings. The normalized spacial score (nSPS) is 12.0. The molecule has 2 rings (SSSR count). The Bertz CT molecular complexity index is 740. The average molecular weight is 332 g/mol. The molecule has 0 radical (unpaired) electrons. The van der Waals surface area contributed by atoms with Crippen molar-refractivity contribution in [2.24, 2.45) is 7.05 Å². The van der Waals surface area contributed by atoms with E-state index in [0.717, 1.165) is 29.1 Å². The molecule has 0 aliphatic rings. The summed E-state index contributed by atoms with van der Waals surface area (Å²) in [6, 6.07) is 4.95. The molecular weight excluding hydrogens is 308 g/mol. The number of anilines is 1. The largest absolute Gasteiger partial charge is 0.487 e. The predicted octanol–water partition coefficient (Wildman–Crippen LogP) is 3.91. The maximum absolute atomic E-state index is 11.1. The maximum atomic E-state index is 11.1. The molecule has 7 heteroatoms. The Hall–Kier alpha value is -2.57. The molecule has 1 heterocycles. The number of aromatic nitrogens is 2. The number of rotatable bonds is 7. The van der Waals surface area contributed by atoms with Crippen LogP contribution >= 0.6 is 0 Å². The lowest BCUT2D eigenvalue weighted by molar-refractivity contribution is -0.385. The van der Waals surface area contributed by atoms with Crippen molar-refractivity contribution in [3.05, 3.63) is 45.3 Å². The first-order chi connectivity index (χ1) is 11.4. The number of nitro groups is 1. The SMILES string of the molecule is CCOc1cc(NC(CC)c2c(C)nn(C)c2C)ccc1[N+](=O)[O-]. The minimum Gasteiger partial charge on any atom is -0.487 e. The summed E-state index contributed by atoms with van der Waals surface area (Å²) in [5.74, 6) is 0.280. The fraction of sp³-hybridized carbons (Fsp3) is 0.471. The molecule has 0 spiro atoms. The Kier molecular flexibility index (Phi) is 5.43. The molecule has 1 aromatic heterocycles. The van der Waals surface area contributed by atoms with Crippen LogP contribution in [0.2, 0.25) is 0 Å². The van der Waals surface area contributed by atoms with Crippen molar-refractivity contribution in [2.45, 2.75) is 40.2 Å². The fourth-order valence-corrected chi connectivity index (χ4v) is 2.90. The van der Waals surface area contributed by atoms with Crippen LogP contribution in [0, 0.1) is 24.0 Å². The van der Waals surface area contributed by atoms with Crippen LogP contribution in [0.25, 0.3) is 0 Å². The first kappa shape index (κ1) is 17.8. The van der Waals surface area contributed by atoms with Crippen LogP contribution in [-0.2, 0) is 7.05 Å². The van der Waals surface area contributed by atoms with Gasteiger partial charge in [0.15, 0.2) is 5.75 Å². The van der Waals surface area contributed by atoms with E-state index in [9.17, 15) is 10.1 Å². The van der Waals surface area contributed by atoms with Crippen molar-refractivity contribution < 1.29 is 9.66 Å². The molecule has 24 heavy (non-hydrogen) atoms. The second kappa shape index (κ2) is 7.33. The topological polar surface area (TPSA) is 82.2 Å². The fourth-order valence-electron chi connectivity index (χ4n) is 2.90. The van der Waals surface area contributed by atoms with Gasteiger partial charge in [-0.05, 0) is 33.3 Å². The first-order valence-electron chi connectivity index (χ1n) is 8.06. The molecule has 0 amide bonds. The molecule has 130 valence electrons. The third-order valence-electron chi connectivity index (χ3n) is 4.12. The van der Waals surface area contributed by atoms with Gasteiger partial charge in [0.25, 0.3) is 0 Å². The summed E-state index contributed by atoms with van der Waals surface area (Å²) >= 11 is 0. The number of aryl methyl sites for hydroxylation is 2. The summed E-state index contributed by atoms with van der Waals surface area (Å²) in [5, 5.41) is 19.0. The van der Waals surface area contributed by atoms with Crippen molar-refractivity contribution in [2.75, 3.05) is 11.9 Å². The third kappa shape index (κ3) is 3.50. The van der Waals surface area contributed by atoms with Gasteiger partial charge in [0.1, 0.15) is 0 Å². The Balaban J connectivity index is 2.34. The van der Waals surface area contributed by atoms with Gasteiger partial charge in [0.05, 0.1) is 23.3 Å². The third-order valence-corrected chi connectivity index (χ3v) is 4.12. The summed E-state index contributed by atoms with van der Waals surface area (Å²) in [7, 11) is 1.93. The van der Waals surface area contributed by atoms with E-state index in [2.05, 4.69) is 17.3 Å². The zero-order chi connectivity index (χ0) is 17.9. The zero-order valence-corrected chi connectivity index (χ0v) is 14.8. The Morgan fingerprint density at radius 3 is 2.58 bits per heavy atom. The van der Waals surface area contributed by atoms with Gasteiger partial charge in [-0.1, -0.05) is 6.92 Å². The molecular formula is C17H24N4O3. The monoisotopic (exact) mass is 332 g/mol. The molecule has 1 atom stereocenters. The highest BCUT2D eigenvalue weighted by molar-refractivity contribution is 5.59. The summed E-state index contributed by atoms with van der Waals surface area (Å²) in [5.41, 5.74) is 4.03. The van der Waals surface area contributed by atoms with E-state index in [1.807, 2.05) is 25.6 Å². The average Bonchev–Trinajstić information content (AvgIpc) is 2.78. The molecule has 2 aromatic rings. The summed E-state index contributed by atoms with van der Waals surface area (Å²) in [6.45, 7) is 8.32. The number of nitrogens with one attached hydrogen (secondary N) is 1. The second-order valence-corrected chi connectivity index (χ2v) is 5.69. The molecule has 0 saturated heterocycles. The molecule has 7 nitrogen and oxygen atoms in total. The molecule has 0 bridgehead atoms. The lowest BCUT2D eigenvalue weighted by atomic mass is 10.0. The van der Waals surface area contributed by atoms with Crippen LogP contribution in [-0.4, -0.2) is 21.3 Å². The number of hydrogen-bond donors (Lipinski definition) is 1. The van der Waals surface area contributed by atoms with E-state index in [1.165, 1.54) is 6.07 Å². The van der Waals surface area contributed by atoms with Crippen LogP contribution < -0.4 is 10.1 Å². The summed E-state index contributed by atoms with van der Waals surface area (Å²) in [6.07, 6.45) is 0.869. The Morgan fingerprint density at radius 2 is 2.08 bits per heavy atom. The van der Waals surface area contributed by atoms with Gasteiger partial charge in [-0.15, -0.1) is 0 Å². The lowest BCUT2D eigenvalue weighted by Gasteiger charge is -2.20. The maximum Gasteiger partial charge on any atom is 0.311 e. The van der Waals surface area contributed by atoms with E-state index in [4.69, 9.17) is 4.74 Å². The Morgan fingerprint density at radius 1 is 1.38 bits per heavy atom. The van der Waals surface area contributed by atoms with Crippen LogP contribution in [0.4, 0.5) is 11.4 Å². The number of ether oxygens (including phenoxy) is 1. The van der Waals surface area contributed by atoms with E-state index in [-0.39, 0.29) is 17.5 Å². The highest BCUT2D eigenvalue weighted by atomic mass is 16.6. The highest BCUT2D eigenvalue weighted by Crippen LogP contribution is 2.33. The van der Waals surface area contributed by atoms with E-state index in [0.29, 0.717) is 6.61 Å². The van der Waals surface area contributed by atoms with Crippen molar-refractivity contribution in [1.29, 1.82) is 0 Å². The van der Waals surface area contributed by atoms with Gasteiger partial charge in [0.2, 0.25) is 0 Å². The van der Waals surface area contributed by atoms with E-state index >= 15 is 0 Å². The van der Waals surface area contributed by atoms with Crippen molar-refractivity contribution >= 4 is 11.4 Å². The van der Waals surface area contributed by atoms with Crippen molar-refractivity contribution in [3.8, 4) is 5.75 Å². The minimum absolute atomic E-state index is 0.0239. The zero-order valence-electron chi connectivity index (χ0n) is 14.8. The molecule has 0 saturated carbocycles. The molecule has 0 aliphatic carbocycles. The molecule has 1 unspecified atom stereocenters. The standard InChI is InChI=1S/C17H24N4O3/c1-6-14(17-11(3)19-20(5)12(17)4)18-13-8-9-15(21(22)23)16(10-13)24-7-2/h8-10,14,18H,6-7H2,1-5H3. The number of nitrogens with zero attached hydrogens (tertiary/aromatic N) is 3. The van der Waals surface area contributed by atoms with Gasteiger partial charge in [0, 0.05) is 36.1 Å². The highest BCUT2D eigenvalue weighted by Gasteiger charge is 2.20. The van der Waals surface area contributed by atoms with Gasteiger partial charge in [-0.3, -0.25) is 14.8 Å². The van der Waals surface area contributed by atoms with Crippen LogP contribution in [0.1, 0.15) is 43.3 Å². The van der Waals surface area contributed by atoms with Gasteiger partial charge >= 0.3 is 5.69 Å². The Labute approximate surface area is 141 Å². The van der Waals surface area contributed by atoms with E-state index in [1.54, 1.807) is 19.1 Å². The van der Waals surface area contributed by atoms with Gasteiger partial charge < -0.3 is 10.1 Å². The van der Waals surface area contributed by atoms with Crippen LogP contribution in [0.3, 0.4) is 0 Å². The first-order valence-corrected chi connectivity index (χ1v) is 8.06. The summed E-state index contributed by atoms with van der Waals surface area (Å²) in [4.78, 5) is 10.7. The van der Waals surface area contributed by atoms with E-state index < -0.39 is 4.92 Å². The van der Waals surface area contributed by atoms with Gasteiger partial charge in [-0.2, -0.15) is 5.10 Å². The smallest absolute Gasteiger partial charge is 0.311 e. The quantitative estimate of drug-likeness (QED) is 0.614. The molecule has 0 aliphatic heterocycles.